The summed E-state index contributed by atoms with van der Waals surface area (Å²) in [4.78, 5) is 25.1. The average molecular weight is 362 g/mol. The molecule has 1 saturated carbocycles. The maximum Gasteiger partial charge on any atom is 0.336 e. The Kier molecular flexibility index (Phi) is 3.70. The Morgan fingerprint density at radius 1 is 1.23 bits per heavy atom. The number of carbonyl (C=O) groups excluding carboxylic acids is 1. The molecule has 2 heterocycles. The van der Waals surface area contributed by atoms with E-state index in [0.29, 0.717) is 24.2 Å². The van der Waals surface area contributed by atoms with Crippen LogP contribution in [0.5, 0.6) is 0 Å². The van der Waals surface area contributed by atoms with Crippen LogP contribution in [0.3, 0.4) is 0 Å². The van der Waals surface area contributed by atoms with Crippen LogP contribution in [0.4, 0.5) is 0 Å². The first kappa shape index (κ1) is 17.7. The quantitative estimate of drug-likeness (QED) is 0.813. The summed E-state index contributed by atoms with van der Waals surface area (Å²) in [5, 5.41) is 11.1. The van der Waals surface area contributed by atoms with Crippen LogP contribution in [0.15, 0.2) is 15.3 Å². The largest absolute Gasteiger partial charge is 0.458 e. The highest BCUT2D eigenvalue weighted by molar-refractivity contribution is 5.81. The molecule has 2 aliphatic carbocycles. The second-order valence-electron chi connectivity index (χ2n) is 8.81. The summed E-state index contributed by atoms with van der Waals surface area (Å²) in [6, 6.07) is 1.49. The fourth-order valence-electron chi connectivity index (χ4n) is 5.82. The number of hydrogen-bond donors (Lipinski definition) is 1. The molecule has 6 heteroatoms. The number of methoxy groups -OCH3 is 1. The molecule has 1 aromatic heterocycles. The van der Waals surface area contributed by atoms with Crippen molar-refractivity contribution >= 4 is 5.97 Å². The van der Waals surface area contributed by atoms with Gasteiger partial charge in [-0.1, -0.05) is 20.8 Å². The molecule has 26 heavy (non-hydrogen) atoms. The van der Waals surface area contributed by atoms with E-state index in [1.165, 1.54) is 6.07 Å². The fraction of sp³-hybridized carbons (Fsp3) is 0.700. The van der Waals surface area contributed by atoms with Crippen LogP contribution in [-0.4, -0.2) is 30.4 Å². The zero-order chi connectivity index (χ0) is 19.0. The van der Waals surface area contributed by atoms with Gasteiger partial charge in [0.15, 0.2) is 0 Å². The van der Waals surface area contributed by atoms with Gasteiger partial charge in [0.05, 0.1) is 11.5 Å². The van der Waals surface area contributed by atoms with E-state index >= 15 is 0 Å². The van der Waals surface area contributed by atoms with Crippen molar-refractivity contribution in [2.24, 2.45) is 11.3 Å². The molecule has 0 bridgehead atoms. The molecule has 1 N–H and O–H groups in total. The van der Waals surface area contributed by atoms with Crippen molar-refractivity contribution in [3.05, 3.63) is 33.4 Å². The number of carbonyl (C=O) groups is 1. The molecular weight excluding hydrogens is 336 g/mol. The molecule has 5 unspecified atom stereocenters. The van der Waals surface area contributed by atoms with E-state index in [0.717, 1.165) is 5.56 Å². The van der Waals surface area contributed by atoms with Crippen molar-refractivity contribution in [1.29, 1.82) is 0 Å². The van der Waals surface area contributed by atoms with Gasteiger partial charge in [0.2, 0.25) is 0 Å². The molecule has 0 spiro atoms. The third-order valence-electron chi connectivity index (χ3n) is 6.82. The van der Waals surface area contributed by atoms with Crippen LogP contribution in [0.25, 0.3) is 0 Å². The molecular formula is C20H26O6. The fourth-order valence-corrected chi connectivity index (χ4v) is 5.82. The predicted octanol–water partition coefficient (Wildman–Crippen LogP) is 2.42. The molecule has 2 fully saturated rings. The van der Waals surface area contributed by atoms with Gasteiger partial charge in [0, 0.05) is 36.0 Å². The first-order chi connectivity index (χ1) is 12.1. The second kappa shape index (κ2) is 5.42. The normalized spacial score (nSPS) is 41.0. The predicted molar refractivity (Wildman–Crippen MR) is 92.9 cm³/mol. The molecule has 6 atom stereocenters. The maximum atomic E-state index is 12.8. The SMILES string of the molecule is COC1CC2(C)c3cc(=O)oc(C(C)C)c3C(O)C3OC(=O)[C@@](C)(C1)C32. The van der Waals surface area contributed by atoms with Gasteiger partial charge in [0.1, 0.15) is 18.0 Å². The van der Waals surface area contributed by atoms with E-state index < -0.39 is 28.7 Å². The zero-order valence-corrected chi connectivity index (χ0v) is 15.9. The van der Waals surface area contributed by atoms with E-state index in [1.54, 1.807) is 7.11 Å². The number of aliphatic hydroxyl groups is 1. The van der Waals surface area contributed by atoms with Crippen molar-refractivity contribution in [2.75, 3.05) is 7.11 Å². The Morgan fingerprint density at radius 2 is 1.88 bits per heavy atom. The number of esters is 1. The molecule has 1 aliphatic heterocycles. The van der Waals surface area contributed by atoms with Crippen LogP contribution in [0, 0.1) is 11.3 Å². The summed E-state index contributed by atoms with van der Waals surface area (Å²) in [7, 11) is 1.65. The van der Waals surface area contributed by atoms with Crippen molar-refractivity contribution in [2.45, 2.75) is 70.2 Å². The van der Waals surface area contributed by atoms with Crippen LogP contribution in [0.1, 0.15) is 69.4 Å². The first-order valence-corrected chi connectivity index (χ1v) is 9.24. The van der Waals surface area contributed by atoms with Gasteiger partial charge in [-0.15, -0.1) is 0 Å². The van der Waals surface area contributed by atoms with Crippen molar-refractivity contribution < 1.29 is 23.8 Å². The van der Waals surface area contributed by atoms with Crippen molar-refractivity contribution in [3.8, 4) is 0 Å². The Balaban J connectivity index is 2.03. The molecule has 3 aliphatic rings. The van der Waals surface area contributed by atoms with Gasteiger partial charge in [-0.3, -0.25) is 4.79 Å². The lowest BCUT2D eigenvalue weighted by molar-refractivity contribution is -0.152. The number of aliphatic hydroxyl groups excluding tert-OH is 1. The van der Waals surface area contributed by atoms with Gasteiger partial charge in [-0.2, -0.15) is 0 Å². The van der Waals surface area contributed by atoms with E-state index in [2.05, 4.69) is 6.92 Å². The Hall–Kier alpha value is -1.66. The Labute approximate surface area is 152 Å². The van der Waals surface area contributed by atoms with Crippen LogP contribution in [-0.2, 0) is 19.7 Å². The summed E-state index contributed by atoms with van der Waals surface area (Å²) in [6.45, 7) is 7.80. The summed E-state index contributed by atoms with van der Waals surface area (Å²) in [6.07, 6.45) is -0.523. The minimum Gasteiger partial charge on any atom is -0.458 e. The van der Waals surface area contributed by atoms with E-state index in [4.69, 9.17) is 13.9 Å². The van der Waals surface area contributed by atoms with Gasteiger partial charge in [-0.05, 0) is 25.3 Å². The molecule has 0 amide bonds. The Morgan fingerprint density at radius 3 is 2.50 bits per heavy atom. The highest BCUT2D eigenvalue weighted by Gasteiger charge is 2.69. The zero-order valence-electron chi connectivity index (χ0n) is 15.9. The molecule has 4 rings (SSSR count). The summed E-state index contributed by atoms with van der Waals surface area (Å²) in [5.74, 6) is -0.0995. The van der Waals surface area contributed by atoms with Crippen LogP contribution >= 0.6 is 0 Å². The van der Waals surface area contributed by atoms with E-state index in [1.807, 2.05) is 20.8 Å². The second-order valence-corrected chi connectivity index (χ2v) is 8.81. The van der Waals surface area contributed by atoms with E-state index in [9.17, 15) is 14.7 Å². The Bertz CT molecular complexity index is 826. The minimum atomic E-state index is -0.991. The van der Waals surface area contributed by atoms with Gasteiger partial charge >= 0.3 is 11.6 Å². The lowest BCUT2D eigenvalue weighted by Crippen LogP contribution is -2.57. The lowest BCUT2D eigenvalue weighted by Gasteiger charge is -2.54. The molecule has 1 saturated heterocycles. The monoisotopic (exact) mass is 362 g/mol. The number of hydrogen-bond acceptors (Lipinski definition) is 6. The average Bonchev–Trinajstić information content (AvgIpc) is 2.84. The summed E-state index contributed by atoms with van der Waals surface area (Å²) in [5.41, 5.74) is -0.301. The summed E-state index contributed by atoms with van der Waals surface area (Å²) >= 11 is 0. The van der Waals surface area contributed by atoms with Crippen molar-refractivity contribution in [1.82, 2.24) is 0 Å². The molecule has 1 aromatic rings. The van der Waals surface area contributed by atoms with Crippen molar-refractivity contribution in [3.63, 3.8) is 0 Å². The minimum absolute atomic E-state index is 0.0715. The lowest BCUT2D eigenvalue weighted by atomic mass is 9.49. The molecule has 142 valence electrons. The molecule has 0 radical (unpaired) electrons. The summed E-state index contributed by atoms with van der Waals surface area (Å²) < 4.78 is 16.8. The first-order valence-electron chi connectivity index (χ1n) is 9.24. The number of ether oxygens (including phenoxy) is 2. The van der Waals surface area contributed by atoms with Crippen LogP contribution < -0.4 is 5.63 Å². The van der Waals surface area contributed by atoms with Gasteiger partial charge in [0.25, 0.3) is 0 Å². The topological polar surface area (TPSA) is 86.0 Å². The smallest absolute Gasteiger partial charge is 0.336 e. The number of rotatable bonds is 2. The van der Waals surface area contributed by atoms with E-state index in [-0.39, 0.29) is 23.9 Å². The number of fused-ring (bicyclic) bond motifs is 2. The third-order valence-corrected chi connectivity index (χ3v) is 6.82. The van der Waals surface area contributed by atoms with Gasteiger partial charge in [-0.25, -0.2) is 4.79 Å². The standard InChI is InChI=1S/C20H26O6/c1-9(2)15-13-11(6-12(21)25-15)19(3)7-10(24-5)8-20(4)17(19)16(14(13)22)26-18(20)23/h6,9-10,14,16-17,22H,7-8H2,1-5H3/t10?,14?,16?,17?,19?,20-/m0/s1. The molecule has 0 aromatic carbocycles. The van der Waals surface area contributed by atoms with Gasteiger partial charge < -0.3 is 19.0 Å². The van der Waals surface area contributed by atoms with Crippen LogP contribution in [0.2, 0.25) is 0 Å². The molecule has 6 nitrogen and oxygen atoms in total. The third kappa shape index (κ3) is 2.06. The maximum absolute atomic E-state index is 12.8. The highest BCUT2D eigenvalue weighted by atomic mass is 16.6. The highest BCUT2D eigenvalue weighted by Crippen LogP contribution is 2.64.